The van der Waals surface area contributed by atoms with Crippen LogP contribution in [0, 0.1) is 0 Å². The van der Waals surface area contributed by atoms with Gasteiger partial charge in [0.15, 0.2) is 5.78 Å². The largest absolute Gasteiger partial charge is 0.294 e. The van der Waals surface area contributed by atoms with Crippen molar-refractivity contribution in [2.45, 2.75) is 45.4 Å². The second-order valence-corrected chi connectivity index (χ2v) is 2.98. The van der Waals surface area contributed by atoms with E-state index < -0.39 is 0 Å². The van der Waals surface area contributed by atoms with Crippen molar-refractivity contribution in [3.05, 3.63) is 18.4 Å². The molecular weight excluding hydrogens is 148 g/mol. The summed E-state index contributed by atoms with van der Waals surface area (Å²) in [4.78, 5) is 10.9. The summed E-state index contributed by atoms with van der Waals surface area (Å²) in [6.45, 7) is 5.54. The number of allylic oxidation sites excluding steroid dienone is 1. The SMILES string of the molecule is C=C=CC(=O)CCCCCCC. The van der Waals surface area contributed by atoms with Crippen molar-refractivity contribution in [1.29, 1.82) is 0 Å². The summed E-state index contributed by atoms with van der Waals surface area (Å²) < 4.78 is 0. The summed E-state index contributed by atoms with van der Waals surface area (Å²) in [6.07, 6.45) is 8.06. The normalized spacial score (nSPS) is 9.08. The second-order valence-electron chi connectivity index (χ2n) is 2.98. The van der Waals surface area contributed by atoms with Gasteiger partial charge in [0, 0.05) is 12.5 Å². The van der Waals surface area contributed by atoms with Gasteiger partial charge in [-0.05, 0) is 6.42 Å². The van der Waals surface area contributed by atoms with Gasteiger partial charge in [-0.1, -0.05) is 39.2 Å². The first kappa shape index (κ1) is 11.2. The minimum atomic E-state index is 0.154. The molecule has 0 bridgehead atoms. The summed E-state index contributed by atoms with van der Waals surface area (Å²) in [5, 5.41) is 0. The van der Waals surface area contributed by atoms with Crippen LogP contribution in [0.2, 0.25) is 0 Å². The highest BCUT2D eigenvalue weighted by Gasteiger charge is 1.95. The Kier molecular flexibility index (Phi) is 7.73. The standard InChI is InChI=1S/C11H18O/c1-3-5-6-7-8-10-11(12)9-4-2/h9H,2-3,5-8,10H2,1H3. The molecule has 68 valence electrons. The van der Waals surface area contributed by atoms with Crippen molar-refractivity contribution in [1.82, 2.24) is 0 Å². The van der Waals surface area contributed by atoms with Crippen LogP contribution in [0.4, 0.5) is 0 Å². The molecule has 0 amide bonds. The third-order valence-corrected chi connectivity index (χ3v) is 1.79. The maximum atomic E-state index is 10.9. The Balaban J connectivity index is 3.19. The molecule has 0 atom stereocenters. The van der Waals surface area contributed by atoms with E-state index >= 15 is 0 Å². The topological polar surface area (TPSA) is 17.1 Å². The van der Waals surface area contributed by atoms with Crippen LogP contribution in [-0.2, 0) is 4.79 Å². The molecule has 0 N–H and O–H groups in total. The fourth-order valence-corrected chi connectivity index (χ4v) is 1.09. The molecule has 12 heavy (non-hydrogen) atoms. The fraction of sp³-hybridized carbons (Fsp3) is 0.636. The van der Waals surface area contributed by atoms with Crippen molar-refractivity contribution < 1.29 is 4.79 Å². The van der Waals surface area contributed by atoms with Crippen LogP contribution in [0.25, 0.3) is 0 Å². The number of carbonyl (C=O) groups is 1. The summed E-state index contributed by atoms with van der Waals surface area (Å²) in [5.41, 5.74) is 2.49. The van der Waals surface area contributed by atoms with Crippen molar-refractivity contribution >= 4 is 5.78 Å². The van der Waals surface area contributed by atoms with E-state index in [0.29, 0.717) is 6.42 Å². The molecule has 0 aliphatic carbocycles. The van der Waals surface area contributed by atoms with Gasteiger partial charge in [0.2, 0.25) is 0 Å². The molecule has 0 aromatic rings. The molecule has 0 aliphatic heterocycles. The minimum absolute atomic E-state index is 0.154. The Morgan fingerprint density at radius 3 is 2.58 bits per heavy atom. The maximum absolute atomic E-state index is 10.9. The molecule has 1 nitrogen and oxygen atoms in total. The minimum Gasteiger partial charge on any atom is -0.294 e. The molecular formula is C11H18O. The number of hydrogen-bond donors (Lipinski definition) is 0. The van der Waals surface area contributed by atoms with Gasteiger partial charge in [-0.15, -0.1) is 5.73 Å². The highest BCUT2D eigenvalue weighted by Crippen LogP contribution is 2.05. The molecule has 0 saturated carbocycles. The van der Waals surface area contributed by atoms with Crippen molar-refractivity contribution in [3.8, 4) is 0 Å². The number of ketones is 1. The Hall–Kier alpha value is -0.810. The quantitative estimate of drug-likeness (QED) is 0.322. The van der Waals surface area contributed by atoms with E-state index in [4.69, 9.17) is 0 Å². The zero-order valence-corrected chi connectivity index (χ0v) is 7.94. The van der Waals surface area contributed by atoms with E-state index in [0.717, 1.165) is 6.42 Å². The molecule has 0 aromatic heterocycles. The summed E-state index contributed by atoms with van der Waals surface area (Å²) in [7, 11) is 0. The lowest BCUT2D eigenvalue weighted by atomic mass is 10.1. The van der Waals surface area contributed by atoms with E-state index in [1.54, 1.807) is 0 Å². The molecule has 0 radical (unpaired) electrons. The summed E-state index contributed by atoms with van der Waals surface area (Å²) in [5.74, 6) is 0.154. The average Bonchev–Trinajstić information content (AvgIpc) is 2.05. The van der Waals surface area contributed by atoms with E-state index in [9.17, 15) is 4.79 Å². The van der Waals surface area contributed by atoms with Gasteiger partial charge in [-0.2, -0.15) is 0 Å². The van der Waals surface area contributed by atoms with E-state index in [1.807, 2.05) is 0 Å². The molecule has 0 aromatic carbocycles. The van der Waals surface area contributed by atoms with E-state index in [1.165, 1.54) is 31.8 Å². The number of unbranched alkanes of at least 4 members (excludes halogenated alkanes) is 4. The zero-order chi connectivity index (χ0) is 9.23. The average molecular weight is 166 g/mol. The van der Waals surface area contributed by atoms with Crippen LogP contribution in [0.3, 0.4) is 0 Å². The smallest absolute Gasteiger partial charge is 0.163 e. The van der Waals surface area contributed by atoms with Crippen LogP contribution < -0.4 is 0 Å². The van der Waals surface area contributed by atoms with Crippen molar-refractivity contribution in [3.63, 3.8) is 0 Å². The Morgan fingerprint density at radius 2 is 2.00 bits per heavy atom. The molecule has 0 heterocycles. The van der Waals surface area contributed by atoms with Crippen LogP contribution in [0.15, 0.2) is 18.4 Å². The summed E-state index contributed by atoms with van der Waals surface area (Å²) in [6, 6.07) is 0. The van der Waals surface area contributed by atoms with Gasteiger partial charge in [-0.25, -0.2) is 0 Å². The van der Waals surface area contributed by atoms with Crippen LogP contribution in [-0.4, -0.2) is 5.78 Å². The lowest BCUT2D eigenvalue weighted by Crippen LogP contribution is -1.91. The van der Waals surface area contributed by atoms with Gasteiger partial charge in [0.05, 0.1) is 0 Å². The maximum Gasteiger partial charge on any atom is 0.163 e. The lowest BCUT2D eigenvalue weighted by Gasteiger charge is -1.96. The predicted molar refractivity (Wildman–Crippen MR) is 52.1 cm³/mol. The highest BCUT2D eigenvalue weighted by atomic mass is 16.1. The predicted octanol–water partition coefficient (Wildman–Crippen LogP) is 3.26. The third kappa shape index (κ3) is 7.30. The van der Waals surface area contributed by atoms with Gasteiger partial charge < -0.3 is 0 Å². The molecule has 0 aliphatic rings. The molecule has 0 fully saturated rings. The number of rotatable bonds is 7. The van der Waals surface area contributed by atoms with Crippen LogP contribution >= 0.6 is 0 Å². The first-order valence-electron chi connectivity index (χ1n) is 4.70. The van der Waals surface area contributed by atoms with E-state index in [-0.39, 0.29) is 5.78 Å². The Bertz CT molecular complexity index is 164. The molecule has 0 saturated heterocycles. The summed E-state index contributed by atoms with van der Waals surface area (Å²) >= 11 is 0. The van der Waals surface area contributed by atoms with Crippen molar-refractivity contribution in [2.75, 3.05) is 0 Å². The van der Waals surface area contributed by atoms with Crippen LogP contribution in [0.5, 0.6) is 0 Å². The number of hydrogen-bond acceptors (Lipinski definition) is 1. The molecule has 0 unspecified atom stereocenters. The van der Waals surface area contributed by atoms with Gasteiger partial charge in [-0.3, -0.25) is 4.79 Å². The van der Waals surface area contributed by atoms with Gasteiger partial charge in [0.25, 0.3) is 0 Å². The number of carbonyl (C=O) groups excluding carboxylic acids is 1. The molecule has 1 heteroatoms. The molecule has 0 rings (SSSR count). The van der Waals surface area contributed by atoms with Gasteiger partial charge in [0.1, 0.15) is 0 Å². The highest BCUT2D eigenvalue weighted by molar-refractivity contribution is 5.89. The monoisotopic (exact) mass is 166 g/mol. The zero-order valence-electron chi connectivity index (χ0n) is 7.94. The van der Waals surface area contributed by atoms with Gasteiger partial charge >= 0.3 is 0 Å². The first-order chi connectivity index (χ1) is 5.81. The Labute approximate surface area is 75.2 Å². The molecule has 0 spiro atoms. The van der Waals surface area contributed by atoms with Crippen molar-refractivity contribution in [2.24, 2.45) is 0 Å². The van der Waals surface area contributed by atoms with E-state index in [2.05, 4.69) is 19.2 Å². The second kappa shape index (κ2) is 8.29. The fourth-order valence-electron chi connectivity index (χ4n) is 1.09. The third-order valence-electron chi connectivity index (χ3n) is 1.79. The van der Waals surface area contributed by atoms with Crippen LogP contribution in [0.1, 0.15) is 45.4 Å². The Morgan fingerprint density at radius 1 is 1.33 bits per heavy atom. The lowest BCUT2D eigenvalue weighted by molar-refractivity contribution is -0.114. The first-order valence-corrected chi connectivity index (χ1v) is 4.70.